The average Bonchev–Trinajstić information content (AvgIpc) is 2.65. The quantitative estimate of drug-likeness (QED) is 0.652. The Kier molecular flexibility index (Phi) is 2.60. The molecule has 0 spiro atoms. The Bertz CT molecular complexity index is 329. The molecule has 0 amide bonds. The van der Waals surface area contributed by atoms with Crippen LogP contribution in [0.5, 0.6) is 0 Å². The molecule has 1 unspecified atom stereocenters. The molecule has 0 aliphatic carbocycles. The van der Waals surface area contributed by atoms with E-state index in [9.17, 15) is 4.79 Å². The van der Waals surface area contributed by atoms with E-state index in [1.54, 1.807) is 24.0 Å². The summed E-state index contributed by atoms with van der Waals surface area (Å²) in [6.45, 7) is 1.99. The maximum Gasteiger partial charge on any atom is 0.210 e. The molecule has 1 aromatic rings. The molecule has 76 valence electrons. The third-order valence-electron chi connectivity index (χ3n) is 2.29. The Morgan fingerprint density at radius 2 is 2.64 bits per heavy atom. The van der Waals surface area contributed by atoms with Gasteiger partial charge in [-0.05, 0) is 6.07 Å². The smallest absolute Gasteiger partial charge is 0.210 e. The Labute approximate surface area is 82.0 Å². The van der Waals surface area contributed by atoms with Crippen molar-refractivity contribution in [2.75, 3.05) is 19.7 Å². The summed E-state index contributed by atoms with van der Waals surface area (Å²) in [4.78, 5) is 11.9. The Hall–Kier alpha value is -1.20. The zero-order valence-electron chi connectivity index (χ0n) is 8.06. The van der Waals surface area contributed by atoms with E-state index < -0.39 is 0 Å². The summed E-state index contributed by atoms with van der Waals surface area (Å²) in [5.74, 6) is -0.00259. The lowest BCUT2D eigenvalue weighted by Gasteiger charge is -2.22. The predicted molar refractivity (Wildman–Crippen MR) is 50.1 cm³/mol. The second kappa shape index (κ2) is 3.89. The highest BCUT2D eigenvalue weighted by Crippen LogP contribution is 2.06. The molecule has 5 heteroatoms. The van der Waals surface area contributed by atoms with Crippen molar-refractivity contribution in [1.29, 1.82) is 0 Å². The largest absolute Gasteiger partial charge is 0.367 e. The van der Waals surface area contributed by atoms with Crippen LogP contribution in [0, 0.1) is 0 Å². The Balaban J connectivity index is 2.11. The van der Waals surface area contributed by atoms with E-state index in [0.29, 0.717) is 18.8 Å². The number of aromatic nitrogens is 2. The lowest BCUT2D eigenvalue weighted by atomic mass is 10.1. The van der Waals surface area contributed by atoms with Gasteiger partial charge < -0.3 is 10.1 Å². The number of carbonyl (C=O) groups excluding carboxylic acids is 1. The molecule has 5 nitrogen and oxygen atoms in total. The van der Waals surface area contributed by atoms with Gasteiger partial charge in [-0.3, -0.25) is 9.48 Å². The van der Waals surface area contributed by atoms with Gasteiger partial charge in [0.1, 0.15) is 11.8 Å². The van der Waals surface area contributed by atoms with Crippen LogP contribution < -0.4 is 5.32 Å². The summed E-state index contributed by atoms with van der Waals surface area (Å²) in [5.41, 5.74) is 0.596. The SMILES string of the molecule is Cn1nccc1C(=O)C1CNCCO1. The fourth-order valence-electron chi connectivity index (χ4n) is 1.51. The van der Waals surface area contributed by atoms with Gasteiger partial charge in [-0.2, -0.15) is 5.10 Å². The summed E-state index contributed by atoms with van der Waals surface area (Å²) in [6, 6.07) is 1.71. The van der Waals surface area contributed by atoms with Gasteiger partial charge in [-0.1, -0.05) is 0 Å². The lowest BCUT2D eigenvalue weighted by Crippen LogP contribution is -2.43. The second-order valence-corrected chi connectivity index (χ2v) is 3.27. The van der Waals surface area contributed by atoms with Crippen molar-refractivity contribution in [2.24, 2.45) is 7.05 Å². The Morgan fingerprint density at radius 3 is 3.21 bits per heavy atom. The number of ether oxygens (including phenoxy) is 1. The minimum Gasteiger partial charge on any atom is -0.367 e. The van der Waals surface area contributed by atoms with Crippen molar-refractivity contribution < 1.29 is 9.53 Å². The van der Waals surface area contributed by atoms with Gasteiger partial charge in [0.2, 0.25) is 5.78 Å². The van der Waals surface area contributed by atoms with Gasteiger partial charge in [-0.25, -0.2) is 0 Å². The van der Waals surface area contributed by atoms with Crippen molar-refractivity contribution in [3.05, 3.63) is 18.0 Å². The minimum atomic E-state index is -0.362. The molecule has 1 aliphatic rings. The van der Waals surface area contributed by atoms with E-state index in [0.717, 1.165) is 6.54 Å². The first kappa shape index (κ1) is 9.36. The highest BCUT2D eigenvalue weighted by Gasteiger charge is 2.24. The molecule has 1 aromatic heterocycles. The van der Waals surface area contributed by atoms with Crippen LogP contribution in [0.15, 0.2) is 12.3 Å². The number of hydrogen-bond donors (Lipinski definition) is 1. The van der Waals surface area contributed by atoms with Gasteiger partial charge in [0.05, 0.1) is 6.61 Å². The van der Waals surface area contributed by atoms with Crippen molar-refractivity contribution in [1.82, 2.24) is 15.1 Å². The maximum absolute atomic E-state index is 11.9. The van der Waals surface area contributed by atoms with E-state index in [1.807, 2.05) is 0 Å². The van der Waals surface area contributed by atoms with Crippen LogP contribution in [-0.4, -0.2) is 41.4 Å². The zero-order valence-corrected chi connectivity index (χ0v) is 8.06. The van der Waals surface area contributed by atoms with Gasteiger partial charge in [-0.15, -0.1) is 0 Å². The standard InChI is InChI=1S/C9H13N3O2/c1-12-7(2-3-11-12)9(13)8-6-10-4-5-14-8/h2-3,8,10H,4-6H2,1H3. The third-order valence-corrected chi connectivity index (χ3v) is 2.29. The van der Waals surface area contributed by atoms with Crippen LogP contribution in [0.1, 0.15) is 10.5 Å². The molecule has 0 radical (unpaired) electrons. The highest BCUT2D eigenvalue weighted by molar-refractivity contribution is 5.98. The van der Waals surface area contributed by atoms with E-state index in [2.05, 4.69) is 10.4 Å². The average molecular weight is 195 g/mol. The van der Waals surface area contributed by atoms with Crippen LogP contribution in [0.25, 0.3) is 0 Å². The lowest BCUT2D eigenvalue weighted by molar-refractivity contribution is 0.0262. The number of Topliss-reactive ketones (excluding diaryl/α,β-unsaturated/α-hetero) is 1. The normalized spacial score (nSPS) is 22.2. The molecular weight excluding hydrogens is 182 g/mol. The summed E-state index contributed by atoms with van der Waals surface area (Å²) in [7, 11) is 1.75. The molecule has 14 heavy (non-hydrogen) atoms. The number of ketones is 1. The Morgan fingerprint density at radius 1 is 1.79 bits per heavy atom. The summed E-state index contributed by atoms with van der Waals surface area (Å²) in [5, 5.41) is 7.07. The van der Waals surface area contributed by atoms with Crippen LogP contribution in [0.4, 0.5) is 0 Å². The monoisotopic (exact) mass is 195 g/mol. The minimum absolute atomic E-state index is 0.00259. The number of morpholine rings is 1. The first-order valence-corrected chi connectivity index (χ1v) is 4.63. The second-order valence-electron chi connectivity index (χ2n) is 3.27. The number of nitrogens with one attached hydrogen (secondary N) is 1. The molecule has 1 aliphatic heterocycles. The highest BCUT2D eigenvalue weighted by atomic mass is 16.5. The van der Waals surface area contributed by atoms with E-state index >= 15 is 0 Å². The molecule has 0 aromatic carbocycles. The number of nitrogens with zero attached hydrogens (tertiary/aromatic N) is 2. The summed E-state index contributed by atoms with van der Waals surface area (Å²) < 4.78 is 6.94. The number of carbonyl (C=O) groups is 1. The van der Waals surface area contributed by atoms with Gasteiger partial charge in [0, 0.05) is 26.3 Å². The fourth-order valence-corrected chi connectivity index (χ4v) is 1.51. The molecule has 2 heterocycles. The molecular formula is C9H13N3O2. The number of aryl methyl sites for hydroxylation is 1. The topological polar surface area (TPSA) is 56.2 Å². The van der Waals surface area contributed by atoms with E-state index in [4.69, 9.17) is 4.74 Å². The predicted octanol–water partition coefficient (Wildman–Crippen LogP) is -0.409. The number of hydrogen-bond acceptors (Lipinski definition) is 4. The van der Waals surface area contributed by atoms with Crippen molar-refractivity contribution in [2.45, 2.75) is 6.10 Å². The van der Waals surface area contributed by atoms with Gasteiger partial charge in [0.15, 0.2) is 0 Å². The number of rotatable bonds is 2. The van der Waals surface area contributed by atoms with Gasteiger partial charge >= 0.3 is 0 Å². The van der Waals surface area contributed by atoms with Crippen LogP contribution in [-0.2, 0) is 11.8 Å². The maximum atomic E-state index is 11.9. The fraction of sp³-hybridized carbons (Fsp3) is 0.556. The third kappa shape index (κ3) is 1.69. The zero-order chi connectivity index (χ0) is 9.97. The van der Waals surface area contributed by atoms with Gasteiger partial charge in [0.25, 0.3) is 0 Å². The summed E-state index contributed by atoms with van der Waals surface area (Å²) in [6.07, 6.45) is 1.25. The molecule has 0 saturated carbocycles. The molecule has 2 rings (SSSR count). The molecule has 1 fully saturated rings. The van der Waals surface area contributed by atoms with Crippen LogP contribution >= 0.6 is 0 Å². The first-order chi connectivity index (χ1) is 6.79. The van der Waals surface area contributed by atoms with E-state index in [1.165, 1.54) is 0 Å². The molecule has 1 N–H and O–H groups in total. The van der Waals surface area contributed by atoms with E-state index in [-0.39, 0.29) is 11.9 Å². The molecule has 1 atom stereocenters. The van der Waals surface area contributed by atoms with Crippen molar-refractivity contribution >= 4 is 5.78 Å². The molecule has 1 saturated heterocycles. The first-order valence-electron chi connectivity index (χ1n) is 4.63. The van der Waals surface area contributed by atoms with Crippen LogP contribution in [0.3, 0.4) is 0 Å². The van der Waals surface area contributed by atoms with Crippen LogP contribution in [0.2, 0.25) is 0 Å². The molecule has 0 bridgehead atoms. The summed E-state index contributed by atoms with van der Waals surface area (Å²) >= 11 is 0. The van der Waals surface area contributed by atoms with Crippen molar-refractivity contribution in [3.63, 3.8) is 0 Å². The van der Waals surface area contributed by atoms with Crippen molar-refractivity contribution in [3.8, 4) is 0 Å².